The van der Waals surface area contributed by atoms with Gasteiger partial charge >= 0.3 is 0 Å². The minimum absolute atomic E-state index is 0.238. The third-order valence-electron chi connectivity index (χ3n) is 3.33. The number of hydroxylamine groups is 1. The summed E-state index contributed by atoms with van der Waals surface area (Å²) in [5, 5.41) is 0. The molecule has 1 atom stereocenters. The van der Waals surface area contributed by atoms with Crippen molar-refractivity contribution in [2.45, 2.75) is 39.2 Å². The molecule has 3 nitrogen and oxygen atoms in total. The lowest BCUT2D eigenvalue weighted by Crippen LogP contribution is -2.27. The first-order valence-corrected chi connectivity index (χ1v) is 6.19. The van der Waals surface area contributed by atoms with Crippen LogP contribution in [-0.2, 0) is 4.84 Å². The molecule has 1 aliphatic heterocycles. The van der Waals surface area contributed by atoms with Crippen LogP contribution in [0.15, 0.2) is 12.1 Å². The zero-order chi connectivity index (χ0) is 12.4. The van der Waals surface area contributed by atoms with Crippen LogP contribution in [0, 0.1) is 6.92 Å². The van der Waals surface area contributed by atoms with Gasteiger partial charge in [0.05, 0.1) is 19.8 Å². The van der Waals surface area contributed by atoms with Gasteiger partial charge < -0.3 is 9.57 Å². The number of fused-ring (bicyclic) bond motifs is 1. The highest BCUT2D eigenvalue weighted by atomic mass is 16.6. The van der Waals surface area contributed by atoms with Crippen molar-refractivity contribution in [2.75, 3.05) is 13.7 Å². The third kappa shape index (κ3) is 2.31. The van der Waals surface area contributed by atoms with E-state index < -0.39 is 0 Å². The molecule has 1 aromatic rings. The number of rotatable bonds is 3. The monoisotopic (exact) mass is 235 g/mol. The molecule has 1 aliphatic rings. The Balaban J connectivity index is 2.48. The Kier molecular flexibility index (Phi) is 3.69. The second-order valence-electron chi connectivity index (χ2n) is 4.88. The molecule has 0 bridgehead atoms. The van der Waals surface area contributed by atoms with E-state index in [4.69, 9.17) is 9.57 Å². The van der Waals surface area contributed by atoms with Gasteiger partial charge in [-0.3, -0.25) is 0 Å². The third-order valence-corrected chi connectivity index (χ3v) is 3.33. The Morgan fingerprint density at radius 3 is 2.82 bits per heavy atom. The van der Waals surface area contributed by atoms with Crippen LogP contribution in [0.3, 0.4) is 0 Å². The maximum absolute atomic E-state index is 5.88. The van der Waals surface area contributed by atoms with Gasteiger partial charge in [0, 0.05) is 12.0 Å². The van der Waals surface area contributed by atoms with Crippen LogP contribution in [-0.4, -0.2) is 13.7 Å². The Bertz CT molecular complexity index is 401. The molecule has 1 unspecified atom stereocenters. The summed E-state index contributed by atoms with van der Waals surface area (Å²) in [4.78, 5) is 5.09. The van der Waals surface area contributed by atoms with Crippen LogP contribution in [0.25, 0.3) is 0 Å². The van der Waals surface area contributed by atoms with Gasteiger partial charge in [-0.15, -0.1) is 0 Å². The van der Waals surface area contributed by atoms with Crippen LogP contribution in [0.5, 0.6) is 5.75 Å². The molecule has 0 saturated carbocycles. The van der Waals surface area contributed by atoms with Crippen molar-refractivity contribution in [2.24, 2.45) is 0 Å². The van der Waals surface area contributed by atoms with Crippen molar-refractivity contribution < 1.29 is 9.57 Å². The van der Waals surface area contributed by atoms with Crippen LogP contribution in [0.2, 0.25) is 0 Å². The molecule has 0 amide bonds. The lowest BCUT2D eigenvalue weighted by molar-refractivity contribution is 0.0458. The molecular formula is C14H21NO2. The van der Waals surface area contributed by atoms with Gasteiger partial charge in [0.15, 0.2) is 0 Å². The van der Waals surface area contributed by atoms with Crippen LogP contribution in [0.1, 0.15) is 48.9 Å². The molecule has 0 aliphatic carbocycles. The van der Waals surface area contributed by atoms with Gasteiger partial charge in [-0.05, 0) is 24.0 Å². The fraction of sp³-hybridized carbons (Fsp3) is 0.571. The van der Waals surface area contributed by atoms with Crippen molar-refractivity contribution in [3.63, 3.8) is 0 Å². The average molecular weight is 235 g/mol. The maximum Gasteiger partial charge on any atom is 0.127 e. The lowest BCUT2D eigenvalue weighted by Gasteiger charge is -2.30. The van der Waals surface area contributed by atoms with Gasteiger partial charge in [-0.2, -0.15) is 5.48 Å². The summed E-state index contributed by atoms with van der Waals surface area (Å²) in [5.41, 5.74) is 6.87. The van der Waals surface area contributed by atoms with Gasteiger partial charge in [0.25, 0.3) is 0 Å². The molecule has 3 heteroatoms. The first kappa shape index (κ1) is 12.4. The number of hydrogen-bond acceptors (Lipinski definition) is 3. The fourth-order valence-corrected chi connectivity index (χ4v) is 2.45. The Morgan fingerprint density at radius 2 is 2.18 bits per heavy atom. The molecule has 1 N–H and O–H groups in total. The zero-order valence-corrected chi connectivity index (χ0v) is 11.0. The quantitative estimate of drug-likeness (QED) is 0.817. The van der Waals surface area contributed by atoms with Gasteiger partial charge in [-0.1, -0.05) is 26.0 Å². The fourth-order valence-electron chi connectivity index (χ4n) is 2.45. The van der Waals surface area contributed by atoms with E-state index in [0.717, 1.165) is 18.8 Å². The largest absolute Gasteiger partial charge is 0.493 e. The normalized spacial score (nSPS) is 19.0. The van der Waals surface area contributed by atoms with E-state index in [-0.39, 0.29) is 6.04 Å². The number of ether oxygens (including phenoxy) is 1. The molecule has 17 heavy (non-hydrogen) atoms. The summed E-state index contributed by atoms with van der Waals surface area (Å²) < 4.78 is 5.88. The van der Waals surface area contributed by atoms with Crippen molar-refractivity contribution >= 4 is 0 Å². The minimum Gasteiger partial charge on any atom is -0.493 e. The van der Waals surface area contributed by atoms with Crippen LogP contribution < -0.4 is 10.2 Å². The second-order valence-corrected chi connectivity index (χ2v) is 4.88. The van der Waals surface area contributed by atoms with Crippen molar-refractivity contribution in [1.29, 1.82) is 0 Å². The van der Waals surface area contributed by atoms with E-state index in [1.54, 1.807) is 7.11 Å². The molecule has 94 valence electrons. The molecule has 0 saturated heterocycles. The van der Waals surface area contributed by atoms with E-state index >= 15 is 0 Å². The number of aryl methyl sites for hydroxylation is 1. The maximum atomic E-state index is 5.88. The Labute approximate surface area is 103 Å². The number of nitrogens with one attached hydrogen (secondary N) is 1. The Morgan fingerprint density at radius 1 is 1.41 bits per heavy atom. The molecule has 0 radical (unpaired) electrons. The molecule has 0 aromatic heterocycles. The van der Waals surface area contributed by atoms with Crippen molar-refractivity contribution in [3.8, 4) is 5.75 Å². The summed E-state index contributed by atoms with van der Waals surface area (Å²) in [6.45, 7) is 7.27. The molecule has 0 fully saturated rings. The van der Waals surface area contributed by atoms with E-state index in [9.17, 15) is 0 Å². The highest BCUT2D eigenvalue weighted by molar-refractivity contribution is 5.50. The average Bonchev–Trinajstić information content (AvgIpc) is 2.29. The number of hydrogen-bond donors (Lipinski definition) is 1. The van der Waals surface area contributed by atoms with Gasteiger partial charge in [0.2, 0.25) is 0 Å². The summed E-state index contributed by atoms with van der Waals surface area (Å²) >= 11 is 0. The topological polar surface area (TPSA) is 30.5 Å². The van der Waals surface area contributed by atoms with E-state index in [1.165, 1.54) is 16.7 Å². The molecule has 2 rings (SSSR count). The van der Waals surface area contributed by atoms with Crippen molar-refractivity contribution in [1.82, 2.24) is 5.48 Å². The van der Waals surface area contributed by atoms with Crippen LogP contribution >= 0.6 is 0 Å². The minimum atomic E-state index is 0.238. The summed E-state index contributed by atoms with van der Waals surface area (Å²) in [7, 11) is 1.66. The van der Waals surface area contributed by atoms with Gasteiger partial charge in [-0.25, -0.2) is 0 Å². The van der Waals surface area contributed by atoms with Crippen molar-refractivity contribution in [3.05, 3.63) is 28.8 Å². The highest BCUT2D eigenvalue weighted by Gasteiger charge is 2.26. The second kappa shape index (κ2) is 5.07. The number of benzene rings is 1. The molecule has 1 heterocycles. The highest BCUT2D eigenvalue weighted by Crippen LogP contribution is 2.40. The summed E-state index contributed by atoms with van der Waals surface area (Å²) in [5.74, 6) is 1.53. The predicted molar refractivity (Wildman–Crippen MR) is 68.3 cm³/mol. The first-order valence-electron chi connectivity index (χ1n) is 6.19. The molecule has 1 aromatic carbocycles. The smallest absolute Gasteiger partial charge is 0.127 e. The van der Waals surface area contributed by atoms with E-state index in [2.05, 4.69) is 38.4 Å². The Hall–Kier alpha value is -1.06. The van der Waals surface area contributed by atoms with Crippen LogP contribution in [0.4, 0.5) is 0 Å². The van der Waals surface area contributed by atoms with E-state index in [1.807, 2.05) is 0 Å². The lowest BCUT2D eigenvalue weighted by atomic mass is 9.90. The summed E-state index contributed by atoms with van der Waals surface area (Å²) in [6.07, 6.45) is 0.948. The standard InChI is InChI=1S/C14H21NO2/c1-9(2)11-6-5-10(3)13-12(15-16-4)7-8-17-14(11)13/h5-6,9,12,15H,7-8H2,1-4H3. The van der Waals surface area contributed by atoms with E-state index in [0.29, 0.717) is 5.92 Å². The zero-order valence-electron chi connectivity index (χ0n) is 11.0. The van der Waals surface area contributed by atoms with Gasteiger partial charge in [0.1, 0.15) is 5.75 Å². The molecule has 0 spiro atoms. The molecular weight excluding hydrogens is 214 g/mol. The first-order chi connectivity index (χ1) is 8.15. The summed E-state index contributed by atoms with van der Waals surface area (Å²) in [6, 6.07) is 4.59. The predicted octanol–water partition coefficient (Wildman–Crippen LogP) is 3.09. The SMILES string of the molecule is CONC1CCOc2c(C(C)C)ccc(C)c21.